The van der Waals surface area contributed by atoms with Crippen LogP contribution in [0.5, 0.6) is 0 Å². The van der Waals surface area contributed by atoms with Gasteiger partial charge in [0.15, 0.2) is 0 Å². The summed E-state index contributed by atoms with van der Waals surface area (Å²) in [5.74, 6) is 0.556. The van der Waals surface area contributed by atoms with Crippen molar-refractivity contribution in [3.63, 3.8) is 0 Å². The molecule has 0 spiro atoms. The first-order valence-electron chi connectivity index (χ1n) is 8.56. The predicted molar refractivity (Wildman–Crippen MR) is 100.0 cm³/mol. The minimum atomic E-state index is -0.151. The molecule has 0 aliphatic heterocycles. The molecule has 1 heterocycles. The third-order valence-electron chi connectivity index (χ3n) is 4.13. The van der Waals surface area contributed by atoms with Crippen LogP contribution in [-0.4, -0.2) is 36.0 Å². The Morgan fingerprint density at radius 2 is 1.96 bits per heavy atom. The van der Waals surface area contributed by atoms with Gasteiger partial charge in [-0.05, 0) is 38.8 Å². The van der Waals surface area contributed by atoms with Crippen LogP contribution < -0.4 is 15.8 Å². The molecule has 0 bridgehead atoms. The molecule has 0 saturated heterocycles. The number of hydrogen-bond acceptors (Lipinski definition) is 4. The van der Waals surface area contributed by atoms with Crippen LogP contribution in [0, 0.1) is 13.8 Å². The average molecular weight is 342 g/mol. The molecule has 6 nitrogen and oxygen atoms in total. The van der Waals surface area contributed by atoms with E-state index in [4.69, 9.17) is 0 Å². The summed E-state index contributed by atoms with van der Waals surface area (Å²) in [6.45, 7) is 5.04. The first kappa shape index (κ1) is 18.7. The molecule has 2 aromatic rings. The van der Waals surface area contributed by atoms with Crippen molar-refractivity contribution in [2.45, 2.75) is 33.1 Å². The molecule has 0 aliphatic carbocycles. The third-order valence-corrected chi connectivity index (χ3v) is 4.13. The molecule has 1 aromatic heterocycles. The van der Waals surface area contributed by atoms with Crippen molar-refractivity contribution < 1.29 is 4.79 Å². The summed E-state index contributed by atoms with van der Waals surface area (Å²) in [6, 6.07) is 10.1. The van der Waals surface area contributed by atoms with Crippen LogP contribution in [-0.2, 0) is 11.2 Å². The van der Waals surface area contributed by atoms with Crippen molar-refractivity contribution in [2.24, 2.45) is 0 Å². The van der Waals surface area contributed by atoms with Gasteiger partial charge in [0.25, 0.3) is 5.56 Å². The van der Waals surface area contributed by atoms with Crippen molar-refractivity contribution in [3.8, 4) is 0 Å². The first-order valence-corrected chi connectivity index (χ1v) is 8.56. The van der Waals surface area contributed by atoms with Gasteiger partial charge in [-0.15, -0.1) is 0 Å². The van der Waals surface area contributed by atoms with Crippen molar-refractivity contribution in [1.29, 1.82) is 0 Å². The van der Waals surface area contributed by atoms with E-state index in [-0.39, 0.29) is 11.5 Å². The van der Waals surface area contributed by atoms with E-state index >= 15 is 0 Å². The topological polar surface area (TPSA) is 78.1 Å². The second-order valence-corrected chi connectivity index (χ2v) is 6.18. The number of nitrogens with one attached hydrogen (secondary N) is 2. The number of aromatic nitrogens is 2. The number of para-hydroxylation sites is 1. The van der Waals surface area contributed by atoms with Crippen LogP contribution >= 0.6 is 0 Å². The number of rotatable bonds is 8. The van der Waals surface area contributed by atoms with Crippen LogP contribution in [0.25, 0.3) is 0 Å². The third kappa shape index (κ3) is 5.74. The minimum absolute atomic E-state index is 0.0401. The lowest BCUT2D eigenvalue weighted by molar-refractivity contribution is -0.121. The van der Waals surface area contributed by atoms with E-state index in [0.29, 0.717) is 36.5 Å². The Hall–Kier alpha value is -2.63. The lowest BCUT2D eigenvalue weighted by atomic mass is 10.1. The second-order valence-electron chi connectivity index (χ2n) is 6.18. The summed E-state index contributed by atoms with van der Waals surface area (Å²) in [6.07, 6.45) is 1.57. The lowest BCUT2D eigenvalue weighted by Gasteiger charge is -2.19. The van der Waals surface area contributed by atoms with Gasteiger partial charge in [0.2, 0.25) is 5.91 Å². The number of amides is 1. The number of aromatic amines is 1. The van der Waals surface area contributed by atoms with Crippen molar-refractivity contribution in [3.05, 3.63) is 57.8 Å². The molecule has 2 rings (SSSR count). The zero-order valence-electron chi connectivity index (χ0n) is 15.1. The van der Waals surface area contributed by atoms with Crippen molar-refractivity contribution in [1.82, 2.24) is 15.3 Å². The molecule has 134 valence electrons. The Bertz CT molecular complexity index is 756. The molecule has 25 heavy (non-hydrogen) atoms. The standard InChI is InChI=1S/C19H26N4O2/c1-14-17(19(25)22-15(2)21-14)10-11-18(24)20-12-7-13-23(3)16-8-5-4-6-9-16/h4-6,8-9H,7,10-13H2,1-3H3,(H,20,24)(H,21,22,25). The minimum Gasteiger partial charge on any atom is -0.375 e. The quantitative estimate of drug-likeness (QED) is 0.719. The monoisotopic (exact) mass is 342 g/mol. The smallest absolute Gasteiger partial charge is 0.254 e. The highest BCUT2D eigenvalue weighted by Crippen LogP contribution is 2.10. The fourth-order valence-electron chi connectivity index (χ4n) is 2.73. The maximum atomic E-state index is 12.0. The maximum absolute atomic E-state index is 12.0. The number of carbonyl (C=O) groups excluding carboxylic acids is 1. The summed E-state index contributed by atoms with van der Waals surface area (Å²) in [7, 11) is 2.04. The normalized spacial score (nSPS) is 10.5. The molecular weight excluding hydrogens is 316 g/mol. The van der Waals surface area contributed by atoms with Gasteiger partial charge in [-0.3, -0.25) is 9.59 Å². The van der Waals surface area contributed by atoms with Gasteiger partial charge in [-0.1, -0.05) is 18.2 Å². The highest BCUT2D eigenvalue weighted by Gasteiger charge is 2.09. The summed E-state index contributed by atoms with van der Waals surface area (Å²) in [5, 5.41) is 2.91. The van der Waals surface area contributed by atoms with Crippen LogP contribution in [0.2, 0.25) is 0 Å². The Balaban J connectivity index is 1.70. The molecule has 2 N–H and O–H groups in total. The molecule has 6 heteroatoms. The van der Waals surface area contributed by atoms with E-state index in [1.165, 1.54) is 0 Å². The Labute approximate surface area is 148 Å². The van der Waals surface area contributed by atoms with Gasteiger partial charge < -0.3 is 15.2 Å². The molecule has 0 radical (unpaired) electrons. The van der Waals surface area contributed by atoms with E-state index < -0.39 is 0 Å². The second kappa shape index (κ2) is 9.01. The molecular formula is C19H26N4O2. The first-order chi connectivity index (χ1) is 12.0. The highest BCUT2D eigenvalue weighted by molar-refractivity contribution is 5.76. The van der Waals surface area contributed by atoms with Crippen LogP contribution in [0.1, 0.15) is 29.9 Å². The Morgan fingerprint density at radius 1 is 1.24 bits per heavy atom. The molecule has 0 aliphatic rings. The largest absolute Gasteiger partial charge is 0.375 e. The number of anilines is 1. The maximum Gasteiger partial charge on any atom is 0.254 e. The number of aryl methyl sites for hydroxylation is 2. The fraction of sp³-hybridized carbons (Fsp3) is 0.421. The molecule has 0 unspecified atom stereocenters. The molecule has 0 saturated carbocycles. The van der Waals surface area contributed by atoms with Crippen LogP contribution in [0.15, 0.2) is 35.1 Å². The summed E-state index contributed by atoms with van der Waals surface area (Å²) in [5.41, 5.74) is 2.29. The van der Waals surface area contributed by atoms with Gasteiger partial charge >= 0.3 is 0 Å². The van der Waals surface area contributed by atoms with E-state index in [0.717, 1.165) is 18.7 Å². The summed E-state index contributed by atoms with van der Waals surface area (Å²) >= 11 is 0. The lowest BCUT2D eigenvalue weighted by Crippen LogP contribution is -2.29. The van der Waals surface area contributed by atoms with E-state index in [9.17, 15) is 9.59 Å². The average Bonchev–Trinajstić information content (AvgIpc) is 2.58. The predicted octanol–water partition coefficient (Wildman–Crippen LogP) is 1.96. The van der Waals surface area contributed by atoms with Gasteiger partial charge in [0, 0.05) is 43.5 Å². The van der Waals surface area contributed by atoms with Crippen LogP contribution in [0.3, 0.4) is 0 Å². The van der Waals surface area contributed by atoms with E-state index in [1.54, 1.807) is 13.8 Å². The SMILES string of the molecule is Cc1nc(C)c(CCC(=O)NCCCN(C)c2ccccc2)c(=O)[nH]1. The van der Waals surface area contributed by atoms with E-state index in [2.05, 4.69) is 32.3 Å². The van der Waals surface area contributed by atoms with Gasteiger partial charge in [0.1, 0.15) is 5.82 Å². The van der Waals surface area contributed by atoms with Gasteiger partial charge in [-0.2, -0.15) is 0 Å². The Morgan fingerprint density at radius 3 is 2.64 bits per heavy atom. The molecule has 0 atom stereocenters. The van der Waals surface area contributed by atoms with Crippen LogP contribution in [0.4, 0.5) is 5.69 Å². The number of nitrogens with zero attached hydrogens (tertiary/aromatic N) is 2. The summed E-state index contributed by atoms with van der Waals surface area (Å²) in [4.78, 5) is 33.0. The number of carbonyl (C=O) groups is 1. The highest BCUT2D eigenvalue weighted by atomic mass is 16.1. The Kier molecular flexibility index (Phi) is 6.74. The van der Waals surface area contributed by atoms with Crippen molar-refractivity contribution >= 4 is 11.6 Å². The zero-order chi connectivity index (χ0) is 18.2. The molecule has 1 amide bonds. The zero-order valence-corrected chi connectivity index (χ0v) is 15.1. The number of hydrogen-bond donors (Lipinski definition) is 2. The van der Waals surface area contributed by atoms with Gasteiger partial charge in [-0.25, -0.2) is 4.98 Å². The molecule has 0 fully saturated rings. The van der Waals surface area contributed by atoms with Crippen molar-refractivity contribution in [2.75, 3.05) is 25.0 Å². The summed E-state index contributed by atoms with van der Waals surface area (Å²) < 4.78 is 0. The molecule has 1 aromatic carbocycles. The number of benzene rings is 1. The van der Waals surface area contributed by atoms with Gasteiger partial charge in [0.05, 0.1) is 0 Å². The van der Waals surface area contributed by atoms with E-state index in [1.807, 2.05) is 25.2 Å². The number of H-pyrrole nitrogens is 1. The fourth-order valence-corrected chi connectivity index (χ4v) is 2.73.